The van der Waals surface area contributed by atoms with Crippen LogP contribution in [0.15, 0.2) is 22.2 Å². The SMILES string of the molecule is COC(=O)c1ncn(CCc2ccc(Br)s2)c1N. The lowest BCUT2D eigenvalue weighted by molar-refractivity contribution is 0.0596. The van der Waals surface area contributed by atoms with Crippen LogP contribution in [0.1, 0.15) is 15.4 Å². The Bertz CT molecular complexity index is 564. The maximum atomic E-state index is 11.3. The topological polar surface area (TPSA) is 70.1 Å². The summed E-state index contributed by atoms with van der Waals surface area (Å²) in [6.07, 6.45) is 2.40. The Morgan fingerprint density at radius 2 is 2.39 bits per heavy atom. The molecule has 0 aliphatic rings. The normalized spacial score (nSPS) is 10.6. The number of nitrogens with two attached hydrogens (primary N) is 1. The van der Waals surface area contributed by atoms with Gasteiger partial charge in [0.05, 0.1) is 17.2 Å². The van der Waals surface area contributed by atoms with Crippen LogP contribution >= 0.6 is 27.3 Å². The zero-order valence-corrected chi connectivity index (χ0v) is 12.1. The van der Waals surface area contributed by atoms with Crippen LogP contribution < -0.4 is 5.73 Å². The minimum atomic E-state index is -0.509. The number of carbonyl (C=O) groups excluding carboxylic acids is 1. The maximum Gasteiger partial charge on any atom is 0.360 e. The van der Waals surface area contributed by atoms with Crippen LogP contribution in [0.2, 0.25) is 0 Å². The van der Waals surface area contributed by atoms with Gasteiger partial charge in [-0.05, 0) is 34.5 Å². The van der Waals surface area contributed by atoms with Gasteiger partial charge < -0.3 is 15.0 Å². The molecule has 2 aromatic rings. The van der Waals surface area contributed by atoms with Crippen LogP contribution in [-0.4, -0.2) is 22.6 Å². The number of hydrogen-bond acceptors (Lipinski definition) is 5. The number of rotatable bonds is 4. The van der Waals surface area contributed by atoms with Crippen molar-refractivity contribution < 1.29 is 9.53 Å². The highest BCUT2D eigenvalue weighted by molar-refractivity contribution is 9.11. The van der Waals surface area contributed by atoms with Crippen molar-refractivity contribution >= 4 is 39.1 Å². The van der Waals surface area contributed by atoms with Gasteiger partial charge in [0.25, 0.3) is 0 Å². The number of thiophene rings is 1. The van der Waals surface area contributed by atoms with Crippen molar-refractivity contribution in [1.82, 2.24) is 9.55 Å². The first-order valence-electron chi connectivity index (χ1n) is 5.25. The van der Waals surface area contributed by atoms with Crippen molar-refractivity contribution in [1.29, 1.82) is 0 Å². The van der Waals surface area contributed by atoms with Crippen molar-refractivity contribution in [2.24, 2.45) is 0 Å². The molecular formula is C11H12BrN3O2S. The van der Waals surface area contributed by atoms with Gasteiger partial charge in [-0.3, -0.25) is 0 Å². The number of hydrogen-bond donors (Lipinski definition) is 1. The lowest BCUT2D eigenvalue weighted by Gasteiger charge is -2.04. The molecule has 0 bridgehead atoms. The van der Waals surface area contributed by atoms with Crippen LogP contribution in [0, 0.1) is 0 Å². The van der Waals surface area contributed by atoms with E-state index in [4.69, 9.17) is 5.73 Å². The molecule has 2 aromatic heterocycles. The van der Waals surface area contributed by atoms with Crippen LogP contribution in [0.3, 0.4) is 0 Å². The quantitative estimate of drug-likeness (QED) is 0.874. The largest absolute Gasteiger partial charge is 0.464 e. The van der Waals surface area contributed by atoms with Gasteiger partial charge in [-0.1, -0.05) is 0 Å². The molecule has 2 N–H and O–H groups in total. The van der Waals surface area contributed by atoms with Crippen molar-refractivity contribution in [2.75, 3.05) is 12.8 Å². The Morgan fingerprint density at radius 1 is 1.61 bits per heavy atom. The Hall–Kier alpha value is -1.34. The Morgan fingerprint density at radius 3 is 3.00 bits per heavy atom. The number of imidazole rings is 1. The number of aryl methyl sites for hydroxylation is 2. The average Bonchev–Trinajstić information content (AvgIpc) is 2.92. The van der Waals surface area contributed by atoms with Gasteiger partial charge in [-0.25, -0.2) is 9.78 Å². The summed E-state index contributed by atoms with van der Waals surface area (Å²) in [5.74, 6) is -0.164. The second-order valence-corrected chi connectivity index (χ2v) is 6.17. The third kappa shape index (κ3) is 2.73. The predicted molar refractivity (Wildman–Crippen MR) is 73.7 cm³/mol. The smallest absolute Gasteiger partial charge is 0.360 e. The first-order valence-corrected chi connectivity index (χ1v) is 6.86. The molecule has 0 aromatic carbocycles. The van der Waals surface area contributed by atoms with Gasteiger partial charge in [0, 0.05) is 11.4 Å². The summed E-state index contributed by atoms with van der Waals surface area (Å²) in [7, 11) is 1.31. The van der Waals surface area contributed by atoms with Crippen LogP contribution in [0.4, 0.5) is 5.82 Å². The van der Waals surface area contributed by atoms with E-state index in [9.17, 15) is 4.79 Å². The molecule has 96 valence electrons. The molecule has 0 spiro atoms. The van der Waals surface area contributed by atoms with Gasteiger partial charge in [-0.15, -0.1) is 11.3 Å². The fourth-order valence-corrected chi connectivity index (χ4v) is 3.01. The molecule has 0 atom stereocenters. The molecule has 0 amide bonds. The highest BCUT2D eigenvalue weighted by Gasteiger charge is 2.15. The van der Waals surface area contributed by atoms with Gasteiger partial charge in [0.2, 0.25) is 0 Å². The molecule has 7 heteroatoms. The van der Waals surface area contributed by atoms with Crippen molar-refractivity contribution in [2.45, 2.75) is 13.0 Å². The molecule has 18 heavy (non-hydrogen) atoms. The fraction of sp³-hybridized carbons (Fsp3) is 0.273. The summed E-state index contributed by atoms with van der Waals surface area (Å²) in [5.41, 5.74) is 6.01. The van der Waals surface area contributed by atoms with E-state index in [-0.39, 0.29) is 5.69 Å². The molecule has 0 aliphatic heterocycles. The second kappa shape index (κ2) is 5.53. The maximum absolute atomic E-state index is 11.3. The van der Waals surface area contributed by atoms with Crippen molar-refractivity contribution in [3.8, 4) is 0 Å². The van der Waals surface area contributed by atoms with E-state index in [2.05, 4.69) is 31.7 Å². The Balaban J connectivity index is 2.06. The summed E-state index contributed by atoms with van der Waals surface area (Å²) >= 11 is 5.10. The van der Waals surface area contributed by atoms with E-state index < -0.39 is 5.97 Å². The monoisotopic (exact) mass is 329 g/mol. The highest BCUT2D eigenvalue weighted by atomic mass is 79.9. The summed E-state index contributed by atoms with van der Waals surface area (Å²) in [6, 6.07) is 4.07. The lowest BCUT2D eigenvalue weighted by atomic mass is 10.3. The minimum absolute atomic E-state index is 0.171. The third-order valence-electron chi connectivity index (χ3n) is 2.48. The number of aromatic nitrogens is 2. The molecule has 2 heterocycles. The van der Waals surface area contributed by atoms with Crippen LogP contribution in [0.5, 0.6) is 0 Å². The zero-order valence-electron chi connectivity index (χ0n) is 9.72. The number of carbonyl (C=O) groups is 1. The number of ether oxygens (including phenoxy) is 1. The average molecular weight is 330 g/mol. The first kappa shape index (κ1) is 13.1. The summed E-state index contributed by atoms with van der Waals surface area (Å²) in [5, 5.41) is 0. The van der Waals surface area contributed by atoms with Crippen molar-refractivity contribution in [3.05, 3.63) is 32.8 Å². The van der Waals surface area contributed by atoms with E-state index in [1.54, 1.807) is 22.2 Å². The van der Waals surface area contributed by atoms with E-state index in [1.165, 1.54) is 12.0 Å². The molecule has 5 nitrogen and oxygen atoms in total. The van der Waals surface area contributed by atoms with Crippen LogP contribution in [-0.2, 0) is 17.7 Å². The molecule has 0 unspecified atom stereocenters. The molecule has 0 fully saturated rings. The highest BCUT2D eigenvalue weighted by Crippen LogP contribution is 2.23. The molecular weight excluding hydrogens is 318 g/mol. The number of nitrogen functional groups attached to an aromatic ring is 1. The fourth-order valence-electron chi connectivity index (χ4n) is 1.54. The van der Waals surface area contributed by atoms with E-state index >= 15 is 0 Å². The van der Waals surface area contributed by atoms with Crippen molar-refractivity contribution in [3.63, 3.8) is 0 Å². The number of nitrogens with zero attached hydrogens (tertiary/aromatic N) is 2. The molecule has 0 aliphatic carbocycles. The lowest BCUT2D eigenvalue weighted by Crippen LogP contribution is -2.09. The summed E-state index contributed by atoms with van der Waals surface area (Å²) < 4.78 is 7.45. The van der Waals surface area contributed by atoms with Gasteiger partial charge >= 0.3 is 5.97 Å². The predicted octanol–water partition coefficient (Wildman–Crippen LogP) is 2.32. The van der Waals surface area contributed by atoms with Gasteiger partial charge in [-0.2, -0.15) is 0 Å². The standard InChI is InChI=1S/C11H12BrN3O2S/c1-17-11(16)9-10(13)15(6-14-9)5-4-7-2-3-8(12)18-7/h2-3,6H,4-5,13H2,1H3. The molecule has 0 saturated carbocycles. The van der Waals surface area contributed by atoms with E-state index in [0.29, 0.717) is 12.4 Å². The first-order chi connectivity index (χ1) is 8.61. The number of methoxy groups -OCH3 is 1. The van der Waals surface area contributed by atoms with Gasteiger partial charge in [0.15, 0.2) is 5.69 Å². The molecule has 2 rings (SSSR count). The number of anilines is 1. The summed E-state index contributed by atoms with van der Waals surface area (Å²) in [4.78, 5) is 16.5. The summed E-state index contributed by atoms with van der Waals surface area (Å²) in [6.45, 7) is 0.683. The minimum Gasteiger partial charge on any atom is -0.464 e. The Kier molecular flexibility index (Phi) is 4.03. The number of halogens is 1. The zero-order chi connectivity index (χ0) is 13.1. The molecule has 0 radical (unpaired) electrons. The van der Waals surface area contributed by atoms with Gasteiger partial charge in [0.1, 0.15) is 5.82 Å². The number of esters is 1. The van der Waals surface area contributed by atoms with Crippen LogP contribution in [0.25, 0.3) is 0 Å². The Labute approximate surface area is 117 Å². The second-order valence-electron chi connectivity index (χ2n) is 3.62. The third-order valence-corrected chi connectivity index (χ3v) is 4.17. The van der Waals surface area contributed by atoms with E-state index in [0.717, 1.165) is 10.2 Å². The van der Waals surface area contributed by atoms with E-state index in [1.807, 2.05) is 6.07 Å². The molecule has 0 saturated heterocycles.